The molecule has 4 heteroatoms. The Labute approximate surface area is 108 Å². The number of hydrogen-bond donors (Lipinski definition) is 1. The van der Waals surface area contributed by atoms with E-state index >= 15 is 0 Å². The lowest BCUT2D eigenvalue weighted by atomic mass is 10.0. The summed E-state index contributed by atoms with van der Waals surface area (Å²) >= 11 is 5.91. The molecule has 0 spiro atoms. The molecule has 1 saturated heterocycles. The van der Waals surface area contributed by atoms with Crippen molar-refractivity contribution in [1.82, 2.24) is 9.80 Å². The molecule has 0 bridgehead atoms. The summed E-state index contributed by atoms with van der Waals surface area (Å²) in [5.74, 6) is 0. The number of nitrogens with zero attached hydrogens (tertiary/aromatic N) is 2. The highest BCUT2D eigenvalue weighted by molar-refractivity contribution is 6.30. The molecule has 1 heterocycles. The molecule has 1 aliphatic rings. The molecule has 0 amide bonds. The molecule has 94 valence electrons. The van der Waals surface area contributed by atoms with Gasteiger partial charge in [0, 0.05) is 43.8 Å². The van der Waals surface area contributed by atoms with Gasteiger partial charge in [0.1, 0.15) is 0 Å². The summed E-state index contributed by atoms with van der Waals surface area (Å²) in [6, 6.07) is 8.36. The summed E-state index contributed by atoms with van der Waals surface area (Å²) in [5, 5.41) is 0.780. The number of halogens is 1. The van der Waals surface area contributed by atoms with Crippen LogP contribution in [0.15, 0.2) is 24.3 Å². The maximum absolute atomic E-state index is 5.92. The fraction of sp³-hybridized carbons (Fsp3) is 0.538. The zero-order valence-corrected chi connectivity index (χ0v) is 11.0. The highest BCUT2D eigenvalue weighted by Gasteiger charge is 2.22. The molecular weight excluding hydrogens is 234 g/mol. The Balaban J connectivity index is 2.08. The van der Waals surface area contributed by atoms with Gasteiger partial charge in [0.25, 0.3) is 0 Å². The van der Waals surface area contributed by atoms with Crippen molar-refractivity contribution in [1.29, 1.82) is 0 Å². The molecule has 1 aliphatic heterocycles. The van der Waals surface area contributed by atoms with Crippen LogP contribution in [0.1, 0.15) is 11.6 Å². The van der Waals surface area contributed by atoms with Crippen LogP contribution in [-0.4, -0.2) is 49.6 Å². The van der Waals surface area contributed by atoms with Gasteiger partial charge < -0.3 is 10.6 Å². The van der Waals surface area contributed by atoms with E-state index in [1.807, 2.05) is 12.1 Å². The number of rotatable bonds is 3. The van der Waals surface area contributed by atoms with Gasteiger partial charge in [-0.2, -0.15) is 0 Å². The monoisotopic (exact) mass is 253 g/mol. The summed E-state index contributed by atoms with van der Waals surface area (Å²) in [5.41, 5.74) is 7.19. The quantitative estimate of drug-likeness (QED) is 0.888. The lowest BCUT2D eigenvalue weighted by molar-refractivity contribution is 0.114. The highest BCUT2D eigenvalue weighted by atomic mass is 35.5. The molecule has 1 fully saturated rings. The third kappa shape index (κ3) is 3.19. The van der Waals surface area contributed by atoms with Crippen LogP contribution in [0, 0.1) is 0 Å². The van der Waals surface area contributed by atoms with Crippen LogP contribution in [0.4, 0.5) is 0 Å². The highest BCUT2D eigenvalue weighted by Crippen LogP contribution is 2.22. The third-order valence-corrected chi connectivity index (χ3v) is 3.71. The summed E-state index contributed by atoms with van der Waals surface area (Å²) < 4.78 is 0. The van der Waals surface area contributed by atoms with Gasteiger partial charge in [0.05, 0.1) is 0 Å². The molecule has 1 unspecified atom stereocenters. The van der Waals surface area contributed by atoms with Crippen molar-refractivity contribution >= 4 is 11.6 Å². The Kier molecular flexibility index (Phi) is 4.40. The second kappa shape index (κ2) is 5.83. The Morgan fingerprint density at radius 2 is 1.76 bits per heavy atom. The van der Waals surface area contributed by atoms with E-state index in [1.54, 1.807) is 0 Å². The van der Waals surface area contributed by atoms with Crippen molar-refractivity contribution < 1.29 is 0 Å². The van der Waals surface area contributed by atoms with Crippen LogP contribution in [0.3, 0.4) is 0 Å². The van der Waals surface area contributed by atoms with Crippen LogP contribution < -0.4 is 5.73 Å². The Morgan fingerprint density at radius 3 is 2.29 bits per heavy atom. The molecule has 2 N–H and O–H groups in total. The summed E-state index contributed by atoms with van der Waals surface area (Å²) in [6.45, 7) is 5.06. The minimum absolute atomic E-state index is 0.320. The van der Waals surface area contributed by atoms with Gasteiger partial charge in [-0.25, -0.2) is 0 Å². The summed E-state index contributed by atoms with van der Waals surface area (Å²) in [7, 11) is 2.16. The van der Waals surface area contributed by atoms with Crippen LogP contribution >= 0.6 is 11.6 Å². The van der Waals surface area contributed by atoms with E-state index in [4.69, 9.17) is 17.3 Å². The van der Waals surface area contributed by atoms with Gasteiger partial charge in [-0.1, -0.05) is 23.7 Å². The van der Waals surface area contributed by atoms with Gasteiger partial charge in [-0.05, 0) is 24.7 Å². The number of piperazine rings is 1. The van der Waals surface area contributed by atoms with E-state index in [0.29, 0.717) is 12.6 Å². The third-order valence-electron chi connectivity index (χ3n) is 3.46. The molecule has 0 radical (unpaired) electrons. The first-order chi connectivity index (χ1) is 8.20. The first-order valence-electron chi connectivity index (χ1n) is 6.09. The molecule has 0 aliphatic carbocycles. The van der Waals surface area contributed by atoms with Crippen molar-refractivity contribution in [2.45, 2.75) is 6.04 Å². The molecule has 1 aromatic rings. The van der Waals surface area contributed by atoms with Gasteiger partial charge in [-0.15, -0.1) is 0 Å². The van der Waals surface area contributed by atoms with Crippen LogP contribution in [0.25, 0.3) is 0 Å². The topological polar surface area (TPSA) is 32.5 Å². The molecule has 17 heavy (non-hydrogen) atoms. The second-order valence-electron chi connectivity index (χ2n) is 4.64. The van der Waals surface area contributed by atoms with Gasteiger partial charge in [0.2, 0.25) is 0 Å². The van der Waals surface area contributed by atoms with Crippen LogP contribution in [0.5, 0.6) is 0 Å². The maximum Gasteiger partial charge on any atom is 0.0471 e. The SMILES string of the molecule is CN1CCN(C(CN)c2ccc(Cl)cc2)CC1. The molecule has 0 saturated carbocycles. The van der Waals surface area contributed by atoms with Crippen molar-refractivity contribution in [2.75, 3.05) is 39.8 Å². The summed E-state index contributed by atoms with van der Waals surface area (Å²) in [6.07, 6.45) is 0. The molecule has 3 nitrogen and oxygen atoms in total. The standard InChI is InChI=1S/C13H20ClN3/c1-16-6-8-17(9-7-16)13(10-15)11-2-4-12(14)5-3-11/h2-5,13H,6-10,15H2,1H3. The Morgan fingerprint density at radius 1 is 1.18 bits per heavy atom. The van der Waals surface area contributed by atoms with E-state index in [9.17, 15) is 0 Å². The van der Waals surface area contributed by atoms with E-state index in [1.165, 1.54) is 5.56 Å². The van der Waals surface area contributed by atoms with Gasteiger partial charge >= 0.3 is 0 Å². The fourth-order valence-corrected chi connectivity index (χ4v) is 2.44. The number of nitrogens with two attached hydrogens (primary N) is 1. The summed E-state index contributed by atoms with van der Waals surface area (Å²) in [4.78, 5) is 4.81. The first-order valence-corrected chi connectivity index (χ1v) is 6.46. The average molecular weight is 254 g/mol. The smallest absolute Gasteiger partial charge is 0.0471 e. The predicted octanol–water partition coefficient (Wildman–Crippen LogP) is 1.59. The largest absolute Gasteiger partial charge is 0.329 e. The normalized spacial score (nSPS) is 20.4. The van der Waals surface area contributed by atoms with E-state index in [-0.39, 0.29) is 0 Å². The number of benzene rings is 1. The Hall–Kier alpha value is -0.610. The van der Waals surface area contributed by atoms with E-state index in [0.717, 1.165) is 31.2 Å². The molecule has 0 aromatic heterocycles. The van der Waals surface area contributed by atoms with E-state index in [2.05, 4.69) is 29.0 Å². The zero-order valence-electron chi connectivity index (χ0n) is 10.3. The lowest BCUT2D eigenvalue weighted by Crippen LogP contribution is -2.47. The predicted molar refractivity (Wildman–Crippen MR) is 72.3 cm³/mol. The van der Waals surface area contributed by atoms with Crippen molar-refractivity contribution in [3.8, 4) is 0 Å². The number of hydrogen-bond acceptors (Lipinski definition) is 3. The molecule has 1 aromatic carbocycles. The van der Waals surface area contributed by atoms with Crippen LogP contribution in [-0.2, 0) is 0 Å². The fourth-order valence-electron chi connectivity index (χ4n) is 2.31. The van der Waals surface area contributed by atoms with Gasteiger partial charge in [-0.3, -0.25) is 4.90 Å². The Bertz CT molecular complexity index is 344. The lowest BCUT2D eigenvalue weighted by Gasteiger charge is -2.37. The second-order valence-corrected chi connectivity index (χ2v) is 5.08. The average Bonchev–Trinajstić information content (AvgIpc) is 2.35. The van der Waals surface area contributed by atoms with Gasteiger partial charge in [0.15, 0.2) is 0 Å². The van der Waals surface area contributed by atoms with Crippen molar-refractivity contribution in [3.63, 3.8) is 0 Å². The first kappa shape index (κ1) is 12.8. The van der Waals surface area contributed by atoms with E-state index < -0.39 is 0 Å². The minimum Gasteiger partial charge on any atom is -0.329 e. The van der Waals surface area contributed by atoms with Crippen LogP contribution in [0.2, 0.25) is 5.02 Å². The minimum atomic E-state index is 0.320. The zero-order chi connectivity index (χ0) is 12.3. The number of likely N-dealkylation sites (N-methyl/N-ethyl adjacent to an activating group) is 1. The van der Waals surface area contributed by atoms with Crippen molar-refractivity contribution in [2.24, 2.45) is 5.73 Å². The molecule has 2 rings (SSSR count). The molecular formula is C13H20ClN3. The molecule has 1 atom stereocenters. The van der Waals surface area contributed by atoms with Crippen molar-refractivity contribution in [3.05, 3.63) is 34.9 Å². The maximum atomic E-state index is 5.92.